The number of aliphatic hydroxyl groups excluding tert-OH is 1. The molecule has 0 bridgehead atoms. The SMILES string of the molecule is C[C@H](O)c1ccccc1CN1CCOCCOc2ccccc2OCCOCC1. The van der Waals surface area contributed by atoms with E-state index in [-0.39, 0.29) is 0 Å². The molecule has 1 aliphatic heterocycles. The molecule has 2 aromatic rings. The van der Waals surface area contributed by atoms with Crippen molar-refractivity contribution >= 4 is 0 Å². The number of para-hydroxylation sites is 2. The molecule has 0 amide bonds. The Morgan fingerprint density at radius 2 is 1.34 bits per heavy atom. The predicted octanol–water partition coefficient (Wildman–Crippen LogP) is 3.05. The number of nitrogens with zero attached hydrogens (tertiary/aromatic N) is 1. The Labute approximate surface area is 173 Å². The molecule has 158 valence electrons. The van der Waals surface area contributed by atoms with Crippen LogP contribution in [-0.2, 0) is 16.0 Å². The zero-order chi connectivity index (χ0) is 20.3. The first-order chi connectivity index (χ1) is 14.2. The van der Waals surface area contributed by atoms with E-state index in [4.69, 9.17) is 18.9 Å². The van der Waals surface area contributed by atoms with Gasteiger partial charge in [0, 0.05) is 19.6 Å². The van der Waals surface area contributed by atoms with Crippen LogP contribution >= 0.6 is 0 Å². The lowest BCUT2D eigenvalue weighted by atomic mass is 10.0. The Morgan fingerprint density at radius 3 is 1.93 bits per heavy atom. The van der Waals surface area contributed by atoms with E-state index in [0.717, 1.165) is 42.3 Å². The third-order valence-corrected chi connectivity index (χ3v) is 4.82. The van der Waals surface area contributed by atoms with Crippen molar-refractivity contribution in [2.75, 3.05) is 52.7 Å². The molecule has 1 atom stereocenters. The molecular weight excluding hydrogens is 370 g/mol. The van der Waals surface area contributed by atoms with Gasteiger partial charge in [-0.2, -0.15) is 0 Å². The molecular formula is C23H31NO5. The number of rotatable bonds is 3. The van der Waals surface area contributed by atoms with E-state index in [9.17, 15) is 5.11 Å². The number of benzene rings is 2. The van der Waals surface area contributed by atoms with Gasteiger partial charge in [0.1, 0.15) is 13.2 Å². The monoisotopic (exact) mass is 401 g/mol. The van der Waals surface area contributed by atoms with Crippen LogP contribution in [0.5, 0.6) is 11.5 Å². The van der Waals surface area contributed by atoms with Gasteiger partial charge in [-0.25, -0.2) is 0 Å². The lowest BCUT2D eigenvalue weighted by molar-refractivity contribution is 0.0571. The molecule has 0 aromatic heterocycles. The smallest absolute Gasteiger partial charge is 0.161 e. The van der Waals surface area contributed by atoms with Crippen molar-refractivity contribution < 1.29 is 24.1 Å². The van der Waals surface area contributed by atoms with Gasteiger partial charge in [0.2, 0.25) is 0 Å². The lowest BCUT2D eigenvalue weighted by Crippen LogP contribution is -2.31. The van der Waals surface area contributed by atoms with Crippen LogP contribution in [0.2, 0.25) is 0 Å². The van der Waals surface area contributed by atoms with Crippen LogP contribution in [0.3, 0.4) is 0 Å². The van der Waals surface area contributed by atoms with Gasteiger partial charge < -0.3 is 24.1 Å². The number of fused-ring (bicyclic) bond motifs is 1. The summed E-state index contributed by atoms with van der Waals surface area (Å²) in [5, 5.41) is 10.0. The number of hydrogen-bond donors (Lipinski definition) is 1. The van der Waals surface area contributed by atoms with Crippen molar-refractivity contribution in [2.24, 2.45) is 0 Å². The molecule has 1 aliphatic rings. The average molecular weight is 402 g/mol. The topological polar surface area (TPSA) is 60.4 Å². The third-order valence-electron chi connectivity index (χ3n) is 4.82. The summed E-state index contributed by atoms with van der Waals surface area (Å²) in [4.78, 5) is 2.29. The highest BCUT2D eigenvalue weighted by Gasteiger charge is 2.12. The summed E-state index contributed by atoms with van der Waals surface area (Å²) in [6, 6.07) is 15.7. The van der Waals surface area contributed by atoms with Gasteiger partial charge >= 0.3 is 0 Å². The fourth-order valence-electron chi connectivity index (χ4n) is 3.30. The fraction of sp³-hybridized carbons (Fsp3) is 0.478. The van der Waals surface area contributed by atoms with Crippen LogP contribution in [-0.4, -0.2) is 62.7 Å². The highest BCUT2D eigenvalue weighted by Crippen LogP contribution is 2.26. The average Bonchev–Trinajstić information content (AvgIpc) is 2.74. The standard InChI is InChI=1S/C23H31NO5/c1-19(25)21-7-3-2-6-20(21)18-24-10-12-26-14-16-28-22-8-4-5-9-23(22)29-17-15-27-13-11-24/h2-9,19,25H,10-18H2,1H3/t19-/m0/s1. The molecule has 0 spiro atoms. The number of ether oxygens (including phenoxy) is 4. The van der Waals surface area contributed by atoms with Crippen LogP contribution in [0.1, 0.15) is 24.2 Å². The Hall–Kier alpha value is -2.12. The van der Waals surface area contributed by atoms with Crippen molar-refractivity contribution in [3.05, 3.63) is 59.7 Å². The Balaban J connectivity index is 1.58. The Morgan fingerprint density at radius 1 is 0.793 bits per heavy atom. The fourth-order valence-corrected chi connectivity index (χ4v) is 3.30. The van der Waals surface area contributed by atoms with Crippen LogP contribution in [0.25, 0.3) is 0 Å². The summed E-state index contributed by atoms with van der Waals surface area (Å²) in [5.41, 5.74) is 2.09. The van der Waals surface area contributed by atoms with E-state index in [0.29, 0.717) is 39.6 Å². The summed E-state index contributed by atoms with van der Waals surface area (Å²) >= 11 is 0. The van der Waals surface area contributed by atoms with E-state index < -0.39 is 6.10 Å². The molecule has 0 aliphatic carbocycles. The van der Waals surface area contributed by atoms with Crippen molar-refractivity contribution in [1.82, 2.24) is 4.90 Å². The van der Waals surface area contributed by atoms with Gasteiger partial charge in [-0.3, -0.25) is 4.90 Å². The minimum absolute atomic E-state index is 0.474. The minimum atomic E-state index is -0.488. The maximum absolute atomic E-state index is 10.0. The molecule has 0 radical (unpaired) electrons. The molecule has 29 heavy (non-hydrogen) atoms. The second kappa shape index (κ2) is 11.8. The molecule has 6 heteroatoms. The highest BCUT2D eigenvalue weighted by molar-refractivity contribution is 5.39. The molecule has 0 fully saturated rings. The summed E-state index contributed by atoms with van der Waals surface area (Å²) in [5.74, 6) is 1.45. The second-order valence-corrected chi connectivity index (χ2v) is 7.02. The Bertz CT molecular complexity index is 702. The van der Waals surface area contributed by atoms with Crippen molar-refractivity contribution in [3.8, 4) is 11.5 Å². The molecule has 6 nitrogen and oxygen atoms in total. The van der Waals surface area contributed by atoms with Crippen molar-refractivity contribution in [2.45, 2.75) is 19.6 Å². The van der Waals surface area contributed by atoms with Crippen LogP contribution < -0.4 is 9.47 Å². The quantitative estimate of drug-likeness (QED) is 0.853. The van der Waals surface area contributed by atoms with E-state index in [2.05, 4.69) is 11.0 Å². The molecule has 0 unspecified atom stereocenters. The molecule has 1 N–H and O–H groups in total. The first-order valence-corrected chi connectivity index (χ1v) is 10.2. The minimum Gasteiger partial charge on any atom is -0.487 e. The number of hydrogen-bond acceptors (Lipinski definition) is 6. The predicted molar refractivity (Wildman–Crippen MR) is 111 cm³/mol. The molecule has 2 aromatic carbocycles. The van der Waals surface area contributed by atoms with Crippen LogP contribution in [0.4, 0.5) is 0 Å². The van der Waals surface area contributed by atoms with Gasteiger partial charge in [0.15, 0.2) is 11.5 Å². The first kappa shape index (κ1) is 21.6. The van der Waals surface area contributed by atoms with Gasteiger partial charge in [-0.05, 0) is 30.2 Å². The van der Waals surface area contributed by atoms with E-state index >= 15 is 0 Å². The summed E-state index contributed by atoms with van der Waals surface area (Å²) in [6.45, 7) is 7.31. The van der Waals surface area contributed by atoms with Crippen molar-refractivity contribution in [1.29, 1.82) is 0 Å². The zero-order valence-corrected chi connectivity index (χ0v) is 17.1. The molecule has 3 rings (SSSR count). The third kappa shape index (κ3) is 7.01. The Kier molecular flexibility index (Phi) is 8.77. The highest BCUT2D eigenvalue weighted by atomic mass is 16.6. The lowest BCUT2D eigenvalue weighted by Gasteiger charge is -2.24. The van der Waals surface area contributed by atoms with E-state index in [1.54, 1.807) is 6.92 Å². The van der Waals surface area contributed by atoms with Crippen LogP contribution in [0.15, 0.2) is 48.5 Å². The summed E-state index contributed by atoms with van der Waals surface area (Å²) < 4.78 is 23.1. The second-order valence-electron chi connectivity index (χ2n) is 7.02. The summed E-state index contributed by atoms with van der Waals surface area (Å²) in [7, 11) is 0. The number of aliphatic hydroxyl groups is 1. The van der Waals surface area contributed by atoms with Gasteiger partial charge in [0.25, 0.3) is 0 Å². The largest absolute Gasteiger partial charge is 0.487 e. The molecule has 1 heterocycles. The van der Waals surface area contributed by atoms with E-state index in [1.165, 1.54) is 0 Å². The zero-order valence-electron chi connectivity index (χ0n) is 17.1. The summed E-state index contributed by atoms with van der Waals surface area (Å²) in [6.07, 6.45) is -0.488. The van der Waals surface area contributed by atoms with Gasteiger partial charge in [-0.15, -0.1) is 0 Å². The maximum atomic E-state index is 10.0. The molecule has 0 saturated carbocycles. The van der Waals surface area contributed by atoms with Gasteiger partial charge in [0.05, 0.1) is 32.5 Å². The van der Waals surface area contributed by atoms with Crippen molar-refractivity contribution in [3.63, 3.8) is 0 Å². The van der Waals surface area contributed by atoms with E-state index in [1.807, 2.05) is 42.5 Å². The van der Waals surface area contributed by atoms with Crippen LogP contribution in [0, 0.1) is 0 Å². The first-order valence-electron chi connectivity index (χ1n) is 10.2. The maximum Gasteiger partial charge on any atom is 0.161 e. The molecule has 0 saturated heterocycles. The normalized spacial score (nSPS) is 18.4. The van der Waals surface area contributed by atoms with Gasteiger partial charge in [-0.1, -0.05) is 36.4 Å².